The Hall–Kier alpha value is -3.36. The van der Waals surface area contributed by atoms with Crippen molar-refractivity contribution in [2.75, 3.05) is 18.5 Å². The number of aromatic nitrogens is 1. The summed E-state index contributed by atoms with van der Waals surface area (Å²) in [5, 5.41) is 5.66. The van der Waals surface area contributed by atoms with Gasteiger partial charge in [0.15, 0.2) is 0 Å². The minimum absolute atomic E-state index is 0.0289. The summed E-state index contributed by atoms with van der Waals surface area (Å²) < 4.78 is 10.1. The van der Waals surface area contributed by atoms with Crippen molar-refractivity contribution in [2.45, 2.75) is 32.7 Å². The molecule has 9 nitrogen and oxygen atoms in total. The predicted octanol–water partition coefficient (Wildman–Crippen LogP) is 1.28. The van der Waals surface area contributed by atoms with Gasteiger partial charge in [0.2, 0.25) is 17.9 Å². The van der Waals surface area contributed by atoms with Gasteiger partial charge in [-0.2, -0.15) is 0 Å². The molecule has 0 spiro atoms. The number of fused-ring (bicyclic) bond motifs is 1. The van der Waals surface area contributed by atoms with Gasteiger partial charge in [-0.15, -0.1) is 0 Å². The van der Waals surface area contributed by atoms with Gasteiger partial charge < -0.3 is 25.1 Å². The van der Waals surface area contributed by atoms with Gasteiger partial charge >= 0.3 is 11.9 Å². The first-order valence-corrected chi connectivity index (χ1v) is 8.81. The smallest absolute Gasteiger partial charge is 0.344 e. The van der Waals surface area contributed by atoms with Crippen LogP contribution in [0.15, 0.2) is 24.4 Å². The van der Waals surface area contributed by atoms with E-state index in [1.54, 1.807) is 38.2 Å². The fourth-order valence-electron chi connectivity index (χ4n) is 2.90. The summed E-state index contributed by atoms with van der Waals surface area (Å²) in [5.74, 6) is -2.05. The topological polar surface area (TPSA) is 127 Å². The van der Waals surface area contributed by atoms with E-state index in [2.05, 4.69) is 15.6 Å². The van der Waals surface area contributed by atoms with Crippen molar-refractivity contribution < 1.29 is 28.7 Å². The van der Waals surface area contributed by atoms with E-state index >= 15 is 0 Å². The Bertz CT molecular complexity index is 871. The van der Waals surface area contributed by atoms with Crippen molar-refractivity contribution in [3.05, 3.63) is 30.0 Å². The van der Waals surface area contributed by atoms with Crippen LogP contribution in [-0.4, -0.2) is 48.0 Å². The average Bonchev–Trinajstić information content (AvgIpc) is 3.03. The highest BCUT2D eigenvalue weighted by atomic mass is 16.6. The monoisotopic (exact) mass is 389 g/mol. The summed E-state index contributed by atoms with van der Waals surface area (Å²) in [5.41, 5.74) is -0.163. The van der Waals surface area contributed by atoms with E-state index < -0.39 is 17.5 Å². The first kappa shape index (κ1) is 20.9. The summed E-state index contributed by atoms with van der Waals surface area (Å²) in [6.45, 7) is 4.64. The Kier molecular flexibility index (Phi) is 6.75. The second-order valence-electron chi connectivity index (χ2n) is 6.04. The molecule has 2 aromatic rings. The number of ether oxygens (including phenoxy) is 2. The van der Waals surface area contributed by atoms with Crippen molar-refractivity contribution in [2.24, 2.45) is 0 Å². The molecule has 150 valence electrons. The summed E-state index contributed by atoms with van der Waals surface area (Å²) in [6, 6.07) is 5.19. The summed E-state index contributed by atoms with van der Waals surface area (Å²) in [6.07, 6.45) is 1.71. The molecule has 2 rings (SSSR count). The van der Waals surface area contributed by atoms with Crippen LogP contribution < -0.4 is 10.6 Å². The third-order valence-corrected chi connectivity index (χ3v) is 4.10. The molecular weight excluding hydrogens is 366 g/mol. The highest BCUT2D eigenvalue weighted by Crippen LogP contribution is 2.27. The number of anilines is 1. The van der Waals surface area contributed by atoms with Crippen molar-refractivity contribution in [1.82, 2.24) is 10.3 Å². The average molecular weight is 389 g/mol. The van der Waals surface area contributed by atoms with Crippen molar-refractivity contribution in [3.63, 3.8) is 0 Å². The number of carbonyl (C=O) groups excluding carboxylic acids is 4. The molecule has 1 aromatic carbocycles. The molecule has 0 aliphatic carbocycles. The van der Waals surface area contributed by atoms with Crippen molar-refractivity contribution in [1.29, 1.82) is 0 Å². The molecule has 0 aliphatic rings. The molecule has 0 atom stereocenters. The molecule has 0 saturated carbocycles. The zero-order valence-electron chi connectivity index (χ0n) is 16.0. The number of hydrogen-bond donors (Lipinski definition) is 3. The Morgan fingerprint density at radius 2 is 1.79 bits per heavy atom. The standard InChI is InChI=1S/C19H23N3O6/c1-4-27-17(25)19(21-11-23,18(26)28-5-2)9-13-10-20-16-7-6-14(8-15(13)16)22-12(3)24/h6-8,10-11,20H,4-5,9H2,1-3H3,(H,21,23)(H,22,24). The van der Waals surface area contributed by atoms with E-state index in [1.807, 2.05) is 0 Å². The van der Waals surface area contributed by atoms with Gasteiger partial charge in [0.25, 0.3) is 0 Å². The predicted molar refractivity (Wildman–Crippen MR) is 102 cm³/mol. The number of nitrogens with one attached hydrogen (secondary N) is 3. The molecule has 1 heterocycles. The Labute approximate surface area is 161 Å². The molecule has 2 amide bonds. The van der Waals surface area contributed by atoms with Crippen molar-refractivity contribution >= 4 is 40.8 Å². The lowest BCUT2D eigenvalue weighted by Crippen LogP contribution is -2.60. The largest absolute Gasteiger partial charge is 0.464 e. The van der Waals surface area contributed by atoms with Gasteiger partial charge in [-0.1, -0.05) is 0 Å². The number of benzene rings is 1. The van der Waals surface area contributed by atoms with Crippen LogP contribution in [0.25, 0.3) is 10.9 Å². The number of aromatic amines is 1. The highest BCUT2D eigenvalue weighted by molar-refractivity contribution is 6.07. The van der Waals surface area contributed by atoms with E-state index in [-0.39, 0.29) is 32.0 Å². The number of carbonyl (C=O) groups is 4. The molecule has 1 aromatic heterocycles. The fraction of sp³-hybridized carbons (Fsp3) is 0.368. The number of amides is 2. The molecule has 0 saturated heterocycles. The molecule has 0 radical (unpaired) electrons. The maximum absolute atomic E-state index is 12.6. The van der Waals surface area contributed by atoms with E-state index in [9.17, 15) is 19.2 Å². The quantitative estimate of drug-likeness (QED) is 0.337. The SMILES string of the molecule is CCOC(=O)C(Cc1c[nH]c2ccc(NC(C)=O)cc12)(NC=O)C(=O)OCC. The van der Waals surface area contributed by atoms with E-state index in [1.165, 1.54) is 6.92 Å². The molecular formula is C19H23N3O6. The van der Waals surface area contributed by atoms with Crippen LogP contribution in [0.1, 0.15) is 26.3 Å². The third kappa shape index (κ3) is 4.30. The van der Waals surface area contributed by atoms with E-state index in [0.717, 1.165) is 5.52 Å². The summed E-state index contributed by atoms with van der Waals surface area (Å²) in [7, 11) is 0. The Morgan fingerprint density at radius 1 is 1.14 bits per heavy atom. The molecule has 0 unspecified atom stereocenters. The van der Waals surface area contributed by atoms with E-state index in [4.69, 9.17) is 9.47 Å². The van der Waals surface area contributed by atoms with Crippen LogP contribution in [0.2, 0.25) is 0 Å². The van der Waals surface area contributed by atoms with Gasteiger partial charge in [-0.3, -0.25) is 9.59 Å². The lowest BCUT2D eigenvalue weighted by molar-refractivity contribution is -0.167. The Balaban J connectivity index is 2.52. The molecule has 0 bridgehead atoms. The molecule has 28 heavy (non-hydrogen) atoms. The molecule has 0 aliphatic heterocycles. The van der Waals surface area contributed by atoms with Crippen LogP contribution in [0.5, 0.6) is 0 Å². The second-order valence-corrected chi connectivity index (χ2v) is 6.04. The summed E-state index contributed by atoms with van der Waals surface area (Å²) in [4.78, 5) is 50.9. The molecule has 3 N–H and O–H groups in total. The third-order valence-electron chi connectivity index (χ3n) is 4.10. The number of H-pyrrole nitrogens is 1. The highest BCUT2D eigenvalue weighted by Gasteiger charge is 2.49. The van der Waals surface area contributed by atoms with Crippen LogP contribution in [-0.2, 0) is 35.1 Å². The number of esters is 2. The van der Waals surface area contributed by atoms with Gasteiger partial charge in [-0.25, -0.2) is 9.59 Å². The van der Waals surface area contributed by atoms with Gasteiger partial charge in [-0.05, 0) is 37.6 Å². The minimum Gasteiger partial charge on any atom is -0.464 e. The number of hydrogen-bond acceptors (Lipinski definition) is 6. The maximum Gasteiger partial charge on any atom is 0.344 e. The zero-order chi connectivity index (χ0) is 20.7. The zero-order valence-corrected chi connectivity index (χ0v) is 16.0. The molecule has 0 fully saturated rings. The second kappa shape index (κ2) is 9.03. The normalized spacial score (nSPS) is 11.0. The lowest BCUT2D eigenvalue weighted by Gasteiger charge is -2.28. The number of rotatable bonds is 9. The fourth-order valence-corrected chi connectivity index (χ4v) is 2.90. The van der Waals surface area contributed by atoms with Gasteiger partial charge in [0, 0.05) is 36.1 Å². The van der Waals surface area contributed by atoms with Crippen LogP contribution in [0.3, 0.4) is 0 Å². The van der Waals surface area contributed by atoms with E-state index in [0.29, 0.717) is 16.6 Å². The first-order valence-electron chi connectivity index (χ1n) is 8.81. The van der Waals surface area contributed by atoms with Crippen LogP contribution in [0.4, 0.5) is 5.69 Å². The summed E-state index contributed by atoms with van der Waals surface area (Å²) >= 11 is 0. The maximum atomic E-state index is 12.6. The first-order chi connectivity index (χ1) is 13.4. The van der Waals surface area contributed by atoms with Gasteiger partial charge in [0.1, 0.15) is 0 Å². The van der Waals surface area contributed by atoms with Crippen LogP contribution >= 0.6 is 0 Å². The minimum atomic E-state index is -2.02. The van der Waals surface area contributed by atoms with Gasteiger partial charge in [0.05, 0.1) is 13.2 Å². The van der Waals surface area contributed by atoms with Crippen molar-refractivity contribution in [3.8, 4) is 0 Å². The molecule has 9 heteroatoms. The van der Waals surface area contributed by atoms with Crippen LogP contribution in [0, 0.1) is 0 Å². The lowest BCUT2D eigenvalue weighted by atomic mass is 9.90. The Morgan fingerprint density at radius 3 is 2.32 bits per heavy atom.